The van der Waals surface area contributed by atoms with Gasteiger partial charge < -0.3 is 9.15 Å². The Kier molecular flexibility index (Phi) is 5.70. The van der Waals surface area contributed by atoms with Crippen LogP contribution in [0.1, 0.15) is 65.2 Å². The average Bonchev–Trinajstić information content (AvgIpc) is 3.52. The number of hydrogen-bond acceptors (Lipinski definition) is 6. The molecule has 1 unspecified atom stereocenters. The monoisotopic (exact) mass is 420 g/mol. The number of benzene rings is 1. The second kappa shape index (κ2) is 8.59. The molecule has 1 atom stereocenters. The molecule has 2 aromatic heterocycles. The van der Waals surface area contributed by atoms with Crippen molar-refractivity contribution in [2.45, 2.75) is 39.2 Å². The van der Waals surface area contributed by atoms with E-state index in [4.69, 9.17) is 9.15 Å². The van der Waals surface area contributed by atoms with Crippen molar-refractivity contribution in [3.05, 3.63) is 77.0 Å². The van der Waals surface area contributed by atoms with Gasteiger partial charge >= 0.3 is 5.97 Å². The lowest BCUT2D eigenvalue weighted by molar-refractivity contribution is -0.136. The van der Waals surface area contributed by atoms with E-state index in [1.807, 2.05) is 51.1 Å². The van der Waals surface area contributed by atoms with Crippen molar-refractivity contribution < 1.29 is 18.7 Å². The van der Waals surface area contributed by atoms with Crippen LogP contribution in [0.15, 0.2) is 58.4 Å². The molecule has 1 aromatic carbocycles. The third kappa shape index (κ3) is 4.28. The Hall–Kier alpha value is -3.68. The second-order valence-electron chi connectivity index (χ2n) is 7.81. The van der Waals surface area contributed by atoms with Crippen molar-refractivity contribution in [1.29, 1.82) is 0 Å². The minimum atomic E-state index is -0.595. The molecule has 0 aliphatic carbocycles. The van der Waals surface area contributed by atoms with Gasteiger partial charge in [-0.2, -0.15) is 10.2 Å². The molecule has 4 rings (SSSR count). The lowest BCUT2D eigenvalue weighted by Gasteiger charge is -2.19. The predicted molar refractivity (Wildman–Crippen MR) is 114 cm³/mol. The van der Waals surface area contributed by atoms with Crippen LogP contribution in [0.3, 0.4) is 0 Å². The molecular weight excluding hydrogens is 396 g/mol. The third-order valence-corrected chi connectivity index (χ3v) is 5.22. The molecule has 1 N–H and O–H groups in total. The number of aromatic nitrogens is 2. The van der Waals surface area contributed by atoms with Crippen LogP contribution in [0.4, 0.5) is 0 Å². The van der Waals surface area contributed by atoms with Crippen LogP contribution in [0.25, 0.3) is 0 Å². The lowest BCUT2D eigenvalue weighted by atomic mass is 10.0. The third-order valence-electron chi connectivity index (χ3n) is 5.22. The molecule has 3 aromatic rings. The zero-order valence-electron chi connectivity index (χ0n) is 17.7. The molecule has 31 heavy (non-hydrogen) atoms. The largest absolute Gasteiger partial charge is 0.467 e. The minimum absolute atomic E-state index is 0.0735. The first-order valence-corrected chi connectivity index (χ1v) is 10.1. The van der Waals surface area contributed by atoms with Gasteiger partial charge in [-0.15, -0.1) is 0 Å². The Balaban J connectivity index is 1.51. The summed E-state index contributed by atoms with van der Waals surface area (Å²) in [6.45, 7) is 5.47. The number of hydrogen-bond donors (Lipinski definition) is 1. The number of aromatic amines is 1. The molecule has 160 valence electrons. The molecule has 8 heteroatoms. The molecule has 8 nitrogen and oxygen atoms in total. The van der Waals surface area contributed by atoms with Gasteiger partial charge in [0.15, 0.2) is 6.61 Å². The van der Waals surface area contributed by atoms with Crippen molar-refractivity contribution in [3.8, 4) is 0 Å². The van der Waals surface area contributed by atoms with E-state index in [9.17, 15) is 9.59 Å². The van der Waals surface area contributed by atoms with Gasteiger partial charge in [-0.3, -0.25) is 9.89 Å². The summed E-state index contributed by atoms with van der Waals surface area (Å²) in [7, 11) is 0. The first-order chi connectivity index (χ1) is 14.9. The standard InChI is InChI=1S/C23H24N4O4/c1-14(2)22-17(12-24-25-22)23(29)31-13-21(28)27-19(20-5-4-10-30-20)11-18(26-27)16-8-6-15(3)7-9-16/h4-10,12,14,19H,11,13H2,1-3H3,(H,24,25). The summed E-state index contributed by atoms with van der Waals surface area (Å²) in [4.78, 5) is 25.4. The van der Waals surface area contributed by atoms with Crippen LogP contribution in [-0.2, 0) is 9.53 Å². The SMILES string of the molecule is Cc1ccc(C2=NN(C(=O)COC(=O)c3cn[nH]c3C(C)C)C(c3ccco3)C2)cc1. The van der Waals surface area contributed by atoms with E-state index in [0.29, 0.717) is 23.4 Å². The highest BCUT2D eigenvalue weighted by Crippen LogP contribution is 2.33. The second-order valence-corrected chi connectivity index (χ2v) is 7.81. The molecule has 3 heterocycles. The summed E-state index contributed by atoms with van der Waals surface area (Å²) in [5.41, 5.74) is 3.86. The highest BCUT2D eigenvalue weighted by atomic mass is 16.5. The van der Waals surface area contributed by atoms with Crippen LogP contribution in [0.2, 0.25) is 0 Å². The van der Waals surface area contributed by atoms with Crippen molar-refractivity contribution in [3.63, 3.8) is 0 Å². The molecule has 1 aliphatic heterocycles. The highest BCUT2D eigenvalue weighted by molar-refractivity contribution is 6.03. The molecule has 0 bridgehead atoms. The number of amides is 1. The molecule has 1 aliphatic rings. The zero-order chi connectivity index (χ0) is 22.0. The highest BCUT2D eigenvalue weighted by Gasteiger charge is 2.35. The number of ether oxygens (including phenoxy) is 1. The van der Waals surface area contributed by atoms with Crippen LogP contribution in [0, 0.1) is 6.92 Å². The normalized spacial score (nSPS) is 15.9. The van der Waals surface area contributed by atoms with Crippen LogP contribution in [0.5, 0.6) is 0 Å². The summed E-state index contributed by atoms with van der Waals surface area (Å²) in [6.07, 6.45) is 3.49. The maximum absolute atomic E-state index is 13.0. The van der Waals surface area contributed by atoms with E-state index < -0.39 is 24.5 Å². The number of carbonyl (C=O) groups excluding carboxylic acids is 2. The fourth-order valence-corrected chi connectivity index (χ4v) is 3.53. The van der Waals surface area contributed by atoms with E-state index in [2.05, 4.69) is 15.3 Å². The van der Waals surface area contributed by atoms with Crippen molar-refractivity contribution >= 4 is 17.6 Å². The van der Waals surface area contributed by atoms with Crippen molar-refractivity contribution in [2.24, 2.45) is 5.10 Å². The molecule has 0 saturated heterocycles. The Bertz CT molecular complexity index is 1100. The Morgan fingerprint density at radius 1 is 1.26 bits per heavy atom. The smallest absolute Gasteiger partial charge is 0.342 e. The fraction of sp³-hybridized carbons (Fsp3) is 0.304. The van der Waals surface area contributed by atoms with E-state index in [1.165, 1.54) is 11.2 Å². The summed E-state index contributed by atoms with van der Waals surface area (Å²) in [5, 5.41) is 12.6. The molecule has 0 spiro atoms. The van der Waals surface area contributed by atoms with Crippen LogP contribution < -0.4 is 0 Å². The van der Waals surface area contributed by atoms with Crippen molar-refractivity contribution in [1.82, 2.24) is 15.2 Å². The average molecular weight is 420 g/mol. The molecule has 0 fully saturated rings. The first-order valence-electron chi connectivity index (χ1n) is 10.1. The van der Waals surface area contributed by atoms with Gasteiger partial charge in [-0.05, 0) is 30.5 Å². The van der Waals surface area contributed by atoms with Gasteiger partial charge in [0, 0.05) is 6.42 Å². The number of rotatable bonds is 6. The van der Waals surface area contributed by atoms with Crippen molar-refractivity contribution in [2.75, 3.05) is 6.61 Å². The number of furan rings is 1. The Labute approximate surface area is 179 Å². The number of esters is 1. The number of aryl methyl sites for hydroxylation is 1. The minimum Gasteiger partial charge on any atom is -0.467 e. The number of H-pyrrole nitrogens is 1. The Morgan fingerprint density at radius 3 is 2.71 bits per heavy atom. The summed E-state index contributed by atoms with van der Waals surface area (Å²) >= 11 is 0. The molecule has 0 radical (unpaired) electrons. The Morgan fingerprint density at radius 2 is 2.03 bits per heavy atom. The van der Waals surface area contributed by atoms with Gasteiger partial charge in [0.2, 0.25) is 0 Å². The molecular formula is C23H24N4O4. The summed E-state index contributed by atoms with van der Waals surface area (Å²) in [6, 6.07) is 11.2. The number of hydrazone groups is 1. The van der Waals surface area contributed by atoms with E-state index >= 15 is 0 Å². The zero-order valence-corrected chi connectivity index (χ0v) is 17.7. The fourth-order valence-electron chi connectivity index (χ4n) is 3.53. The predicted octanol–water partition coefficient (Wildman–Crippen LogP) is 3.97. The number of nitrogens with zero attached hydrogens (tertiary/aromatic N) is 3. The maximum Gasteiger partial charge on any atom is 0.342 e. The van der Waals surface area contributed by atoms with Gasteiger partial charge in [-0.25, -0.2) is 9.80 Å². The molecule has 1 amide bonds. The van der Waals surface area contributed by atoms with Gasteiger partial charge in [0.05, 0.1) is 23.9 Å². The summed E-state index contributed by atoms with van der Waals surface area (Å²) in [5.74, 6) is -0.319. The van der Waals surface area contributed by atoms with E-state index in [-0.39, 0.29) is 5.92 Å². The number of carbonyl (C=O) groups is 2. The van der Waals surface area contributed by atoms with E-state index in [1.54, 1.807) is 12.3 Å². The van der Waals surface area contributed by atoms with Gasteiger partial charge in [0.25, 0.3) is 5.91 Å². The quantitative estimate of drug-likeness (QED) is 0.608. The topological polar surface area (TPSA) is 101 Å². The number of nitrogens with one attached hydrogen (secondary N) is 1. The lowest BCUT2D eigenvalue weighted by Crippen LogP contribution is -2.31. The van der Waals surface area contributed by atoms with E-state index in [0.717, 1.165) is 16.8 Å². The van der Waals surface area contributed by atoms with Crippen LogP contribution >= 0.6 is 0 Å². The van der Waals surface area contributed by atoms with Gasteiger partial charge in [0.1, 0.15) is 17.4 Å². The van der Waals surface area contributed by atoms with Crippen LogP contribution in [-0.4, -0.2) is 39.4 Å². The first kappa shape index (κ1) is 20.6. The summed E-state index contributed by atoms with van der Waals surface area (Å²) < 4.78 is 10.8. The van der Waals surface area contributed by atoms with Gasteiger partial charge in [-0.1, -0.05) is 43.7 Å². The molecule has 0 saturated carbocycles. The maximum atomic E-state index is 13.0.